The zero-order chi connectivity index (χ0) is 14.7. The van der Waals surface area contributed by atoms with E-state index in [4.69, 9.17) is 11.6 Å². The maximum absolute atomic E-state index is 13.9. The molecule has 0 unspecified atom stereocenters. The van der Waals surface area contributed by atoms with Crippen LogP contribution < -0.4 is 5.32 Å². The topological polar surface area (TPSA) is 29.9 Å². The fourth-order valence-corrected chi connectivity index (χ4v) is 2.42. The van der Waals surface area contributed by atoms with E-state index >= 15 is 0 Å². The van der Waals surface area contributed by atoms with Crippen molar-refractivity contribution in [3.05, 3.63) is 51.6 Å². The normalized spacial score (nSPS) is 11.1. The van der Waals surface area contributed by atoms with Gasteiger partial charge in [0.2, 0.25) is 0 Å². The molecule has 1 heterocycles. The Morgan fingerprint density at radius 3 is 2.80 bits per heavy atom. The molecule has 108 valence electrons. The quantitative estimate of drug-likeness (QED) is 0.915. The Morgan fingerprint density at radius 1 is 1.35 bits per heavy atom. The zero-order valence-electron chi connectivity index (χ0n) is 12.0. The van der Waals surface area contributed by atoms with Crippen LogP contribution in [0.3, 0.4) is 0 Å². The number of aromatic nitrogens is 2. The molecular weight excluding hydrogens is 277 g/mol. The van der Waals surface area contributed by atoms with Gasteiger partial charge >= 0.3 is 0 Å². The first-order valence-corrected chi connectivity index (χ1v) is 7.08. The van der Waals surface area contributed by atoms with Crippen LogP contribution in [0.5, 0.6) is 0 Å². The highest BCUT2D eigenvalue weighted by Gasteiger charge is 2.13. The summed E-state index contributed by atoms with van der Waals surface area (Å²) in [5, 5.41) is 7.94. The third kappa shape index (κ3) is 3.02. The van der Waals surface area contributed by atoms with Crippen molar-refractivity contribution in [3.63, 3.8) is 0 Å². The number of nitrogens with zero attached hydrogens (tertiary/aromatic N) is 2. The van der Waals surface area contributed by atoms with Gasteiger partial charge in [0.15, 0.2) is 0 Å². The van der Waals surface area contributed by atoms with Crippen LogP contribution in [0.4, 0.5) is 4.39 Å². The molecule has 0 aliphatic carbocycles. The highest BCUT2D eigenvalue weighted by atomic mass is 35.5. The van der Waals surface area contributed by atoms with Gasteiger partial charge in [0.05, 0.1) is 17.3 Å². The lowest BCUT2D eigenvalue weighted by molar-refractivity contribution is 0.578. The van der Waals surface area contributed by atoms with Crippen LogP contribution in [0.2, 0.25) is 5.02 Å². The van der Waals surface area contributed by atoms with Gasteiger partial charge in [-0.25, -0.2) is 4.39 Å². The van der Waals surface area contributed by atoms with Crippen LogP contribution in [-0.2, 0) is 13.1 Å². The van der Waals surface area contributed by atoms with E-state index < -0.39 is 0 Å². The van der Waals surface area contributed by atoms with E-state index in [1.165, 1.54) is 5.56 Å². The monoisotopic (exact) mass is 295 g/mol. The van der Waals surface area contributed by atoms with Crippen LogP contribution >= 0.6 is 11.6 Å². The molecule has 0 fully saturated rings. The minimum Gasteiger partial charge on any atom is -0.313 e. The van der Waals surface area contributed by atoms with Crippen molar-refractivity contribution in [1.82, 2.24) is 15.1 Å². The smallest absolute Gasteiger partial charge is 0.146 e. The minimum absolute atomic E-state index is 0.150. The van der Waals surface area contributed by atoms with Crippen LogP contribution in [0.25, 0.3) is 0 Å². The zero-order valence-corrected chi connectivity index (χ0v) is 12.8. The van der Waals surface area contributed by atoms with Gasteiger partial charge in [-0.05, 0) is 26.5 Å². The fourth-order valence-electron chi connectivity index (χ4n) is 2.23. The van der Waals surface area contributed by atoms with Crippen molar-refractivity contribution in [2.75, 3.05) is 6.54 Å². The second-order valence-corrected chi connectivity index (χ2v) is 5.21. The highest BCUT2D eigenvalue weighted by Crippen LogP contribution is 2.20. The first kappa shape index (κ1) is 15.0. The molecule has 5 heteroatoms. The third-order valence-electron chi connectivity index (χ3n) is 3.43. The molecule has 0 radical (unpaired) electrons. The van der Waals surface area contributed by atoms with Crippen molar-refractivity contribution in [1.29, 1.82) is 0 Å². The van der Waals surface area contributed by atoms with E-state index in [0.717, 1.165) is 24.5 Å². The van der Waals surface area contributed by atoms with E-state index in [2.05, 4.69) is 17.3 Å². The van der Waals surface area contributed by atoms with Crippen molar-refractivity contribution < 1.29 is 4.39 Å². The van der Waals surface area contributed by atoms with Gasteiger partial charge < -0.3 is 5.32 Å². The van der Waals surface area contributed by atoms with E-state index in [1.807, 2.05) is 18.5 Å². The SMILES string of the molecule is CCNCc1c(C)nn(Cc2cccc(Cl)c2F)c1C. The number of aryl methyl sites for hydroxylation is 1. The first-order valence-electron chi connectivity index (χ1n) is 6.71. The van der Waals surface area contributed by atoms with Gasteiger partial charge in [0.25, 0.3) is 0 Å². The lowest BCUT2D eigenvalue weighted by Gasteiger charge is -2.08. The van der Waals surface area contributed by atoms with Crippen molar-refractivity contribution in [2.45, 2.75) is 33.9 Å². The summed E-state index contributed by atoms with van der Waals surface area (Å²) >= 11 is 5.81. The van der Waals surface area contributed by atoms with Gasteiger partial charge in [-0.2, -0.15) is 5.10 Å². The van der Waals surface area contributed by atoms with Gasteiger partial charge in [0, 0.05) is 23.4 Å². The lowest BCUT2D eigenvalue weighted by atomic mass is 10.2. The molecular formula is C15H19ClFN3. The molecule has 1 aromatic heterocycles. The second-order valence-electron chi connectivity index (χ2n) is 4.80. The summed E-state index contributed by atoms with van der Waals surface area (Å²) in [6, 6.07) is 5.05. The Labute approximate surface area is 123 Å². The Balaban J connectivity index is 2.28. The Hall–Kier alpha value is -1.39. The van der Waals surface area contributed by atoms with Gasteiger partial charge in [-0.1, -0.05) is 30.7 Å². The minimum atomic E-state index is -0.366. The molecule has 0 saturated heterocycles. The van der Waals surface area contributed by atoms with Gasteiger partial charge in [-0.15, -0.1) is 0 Å². The van der Waals surface area contributed by atoms with Crippen molar-refractivity contribution in [3.8, 4) is 0 Å². The maximum Gasteiger partial charge on any atom is 0.146 e. The average molecular weight is 296 g/mol. The average Bonchev–Trinajstić information content (AvgIpc) is 2.68. The number of hydrogen-bond acceptors (Lipinski definition) is 2. The summed E-state index contributed by atoms with van der Waals surface area (Å²) in [7, 11) is 0. The van der Waals surface area contributed by atoms with Crippen molar-refractivity contribution in [2.24, 2.45) is 0 Å². The lowest BCUT2D eigenvalue weighted by Crippen LogP contribution is -2.13. The maximum atomic E-state index is 13.9. The summed E-state index contributed by atoms with van der Waals surface area (Å²) < 4.78 is 15.8. The largest absolute Gasteiger partial charge is 0.313 e. The predicted octanol–water partition coefficient (Wildman–Crippen LogP) is 3.45. The molecule has 2 aromatic rings. The highest BCUT2D eigenvalue weighted by molar-refractivity contribution is 6.30. The number of benzene rings is 1. The molecule has 0 aliphatic rings. The van der Waals surface area contributed by atoms with Crippen LogP contribution in [0, 0.1) is 19.7 Å². The summed E-state index contributed by atoms with van der Waals surface area (Å²) in [6.07, 6.45) is 0. The van der Waals surface area contributed by atoms with E-state index in [9.17, 15) is 4.39 Å². The van der Waals surface area contributed by atoms with Crippen LogP contribution in [0.15, 0.2) is 18.2 Å². The summed E-state index contributed by atoms with van der Waals surface area (Å²) in [4.78, 5) is 0. The molecule has 0 atom stereocenters. The molecule has 2 rings (SSSR count). The van der Waals surface area contributed by atoms with E-state index in [0.29, 0.717) is 12.1 Å². The van der Waals surface area contributed by atoms with Gasteiger partial charge in [-0.3, -0.25) is 4.68 Å². The molecule has 0 spiro atoms. The standard InChI is InChI=1S/C15H19ClFN3/c1-4-18-8-13-10(2)19-20(11(13)3)9-12-6-5-7-14(16)15(12)17/h5-7,18H,4,8-9H2,1-3H3. The Bertz CT molecular complexity index is 607. The third-order valence-corrected chi connectivity index (χ3v) is 3.73. The molecule has 20 heavy (non-hydrogen) atoms. The van der Waals surface area contributed by atoms with E-state index in [-0.39, 0.29) is 10.8 Å². The molecule has 1 N–H and O–H groups in total. The number of rotatable bonds is 5. The fraction of sp³-hybridized carbons (Fsp3) is 0.400. The van der Waals surface area contributed by atoms with E-state index in [1.54, 1.807) is 18.2 Å². The molecule has 3 nitrogen and oxygen atoms in total. The Morgan fingerprint density at radius 2 is 2.10 bits per heavy atom. The summed E-state index contributed by atoms with van der Waals surface area (Å²) in [5.41, 5.74) is 3.76. The molecule has 1 aromatic carbocycles. The van der Waals surface area contributed by atoms with Crippen LogP contribution in [-0.4, -0.2) is 16.3 Å². The second kappa shape index (κ2) is 6.37. The molecule has 0 bridgehead atoms. The van der Waals surface area contributed by atoms with Crippen molar-refractivity contribution >= 4 is 11.6 Å². The Kier molecular flexibility index (Phi) is 4.78. The molecule has 0 amide bonds. The predicted molar refractivity (Wildman–Crippen MR) is 79.6 cm³/mol. The summed E-state index contributed by atoms with van der Waals surface area (Å²) in [5.74, 6) is -0.366. The number of halogens is 2. The van der Waals surface area contributed by atoms with Crippen LogP contribution in [0.1, 0.15) is 29.4 Å². The molecule has 0 saturated carbocycles. The number of nitrogens with one attached hydrogen (secondary N) is 1. The number of hydrogen-bond donors (Lipinski definition) is 1. The first-order chi connectivity index (χ1) is 9.54. The molecule has 0 aliphatic heterocycles. The van der Waals surface area contributed by atoms with Gasteiger partial charge in [0.1, 0.15) is 5.82 Å². The summed E-state index contributed by atoms with van der Waals surface area (Å²) in [6.45, 7) is 8.14.